The molecule has 1 aliphatic rings. The van der Waals surface area contributed by atoms with E-state index >= 15 is 0 Å². The lowest BCUT2D eigenvalue weighted by molar-refractivity contribution is -0.136. The van der Waals surface area contributed by atoms with Crippen LogP contribution in [0.4, 0.5) is 5.69 Å². The lowest BCUT2D eigenvalue weighted by Crippen LogP contribution is -2.43. The van der Waals surface area contributed by atoms with Crippen LogP contribution in [0.3, 0.4) is 0 Å². The molecule has 0 aliphatic carbocycles. The molecule has 29 heavy (non-hydrogen) atoms. The third kappa shape index (κ3) is 5.02. The average Bonchev–Trinajstić information content (AvgIpc) is 3.21. The molecule has 0 radical (unpaired) electrons. The molecule has 0 bridgehead atoms. The molecule has 1 saturated heterocycles. The molecule has 0 spiro atoms. The van der Waals surface area contributed by atoms with Gasteiger partial charge in [0.2, 0.25) is 11.8 Å². The molecule has 0 saturated carbocycles. The van der Waals surface area contributed by atoms with Gasteiger partial charge in [-0.15, -0.1) is 0 Å². The van der Waals surface area contributed by atoms with E-state index in [-0.39, 0.29) is 24.1 Å². The largest absolute Gasteiger partial charge is 0.352 e. The van der Waals surface area contributed by atoms with Crippen molar-refractivity contribution in [2.24, 2.45) is 0 Å². The van der Waals surface area contributed by atoms with Crippen molar-refractivity contribution < 1.29 is 14.4 Å². The Morgan fingerprint density at radius 3 is 2.59 bits per heavy atom. The van der Waals surface area contributed by atoms with Gasteiger partial charge in [0, 0.05) is 24.3 Å². The lowest BCUT2D eigenvalue weighted by atomic mass is 10.1. The van der Waals surface area contributed by atoms with Gasteiger partial charge in [0.05, 0.1) is 6.42 Å². The van der Waals surface area contributed by atoms with Gasteiger partial charge in [-0.2, -0.15) is 0 Å². The number of hydrogen-bond acceptors (Lipinski definition) is 3. The number of nitrogens with one attached hydrogen (secondary N) is 2. The van der Waals surface area contributed by atoms with Gasteiger partial charge in [0.25, 0.3) is 5.91 Å². The van der Waals surface area contributed by atoms with Crippen molar-refractivity contribution in [3.05, 3.63) is 65.2 Å². The smallest absolute Gasteiger partial charge is 0.251 e. The Hall–Kier alpha value is -3.15. The summed E-state index contributed by atoms with van der Waals surface area (Å²) in [7, 11) is 0. The number of carbonyl (C=O) groups excluding carboxylic acids is 3. The summed E-state index contributed by atoms with van der Waals surface area (Å²) in [5.41, 5.74) is 2.90. The fourth-order valence-electron chi connectivity index (χ4n) is 3.59. The summed E-state index contributed by atoms with van der Waals surface area (Å²) in [5, 5.41) is 5.68. The Labute approximate surface area is 171 Å². The van der Waals surface area contributed by atoms with Crippen molar-refractivity contribution in [3.63, 3.8) is 0 Å². The molecule has 1 aliphatic heterocycles. The topological polar surface area (TPSA) is 78.5 Å². The van der Waals surface area contributed by atoms with Gasteiger partial charge in [-0.3, -0.25) is 14.4 Å². The van der Waals surface area contributed by atoms with E-state index in [0.29, 0.717) is 30.8 Å². The minimum absolute atomic E-state index is 0.0401. The summed E-state index contributed by atoms with van der Waals surface area (Å²) in [6.45, 7) is 4.86. The summed E-state index contributed by atoms with van der Waals surface area (Å²) in [5.74, 6) is -0.426. The molecule has 2 N–H and O–H groups in total. The van der Waals surface area contributed by atoms with Crippen molar-refractivity contribution in [1.29, 1.82) is 0 Å². The van der Waals surface area contributed by atoms with E-state index in [4.69, 9.17) is 0 Å². The van der Waals surface area contributed by atoms with Crippen molar-refractivity contribution in [2.45, 2.75) is 39.2 Å². The monoisotopic (exact) mass is 393 g/mol. The highest BCUT2D eigenvalue weighted by Crippen LogP contribution is 2.23. The van der Waals surface area contributed by atoms with Gasteiger partial charge in [-0.1, -0.05) is 36.4 Å². The summed E-state index contributed by atoms with van der Waals surface area (Å²) in [6, 6.07) is 14.3. The first-order valence-corrected chi connectivity index (χ1v) is 10.0. The molecule has 1 unspecified atom stereocenters. The van der Waals surface area contributed by atoms with Gasteiger partial charge in [0.15, 0.2) is 0 Å². The second kappa shape index (κ2) is 9.37. The quantitative estimate of drug-likeness (QED) is 0.792. The van der Waals surface area contributed by atoms with E-state index < -0.39 is 6.04 Å². The van der Waals surface area contributed by atoms with Crippen LogP contribution in [0.2, 0.25) is 0 Å². The van der Waals surface area contributed by atoms with Crippen molar-refractivity contribution in [2.75, 3.05) is 18.4 Å². The van der Waals surface area contributed by atoms with Gasteiger partial charge in [0.1, 0.15) is 6.04 Å². The molecule has 3 rings (SSSR count). The second-order valence-electron chi connectivity index (χ2n) is 7.29. The number of aryl methyl sites for hydroxylation is 1. The van der Waals surface area contributed by atoms with Gasteiger partial charge in [-0.05, 0) is 49.9 Å². The van der Waals surface area contributed by atoms with Crippen molar-refractivity contribution >= 4 is 23.4 Å². The number of amides is 3. The van der Waals surface area contributed by atoms with E-state index in [0.717, 1.165) is 17.5 Å². The molecule has 2 aromatic carbocycles. The Bertz CT molecular complexity index is 895. The fraction of sp³-hybridized carbons (Fsp3) is 0.348. The zero-order valence-electron chi connectivity index (χ0n) is 16.9. The number of hydrogen-bond donors (Lipinski definition) is 2. The summed E-state index contributed by atoms with van der Waals surface area (Å²) in [6.07, 6.45) is 1.73. The predicted octanol–water partition coefficient (Wildman–Crippen LogP) is 2.92. The summed E-state index contributed by atoms with van der Waals surface area (Å²) < 4.78 is 0. The molecule has 6 nitrogen and oxygen atoms in total. The maximum absolute atomic E-state index is 12.9. The van der Waals surface area contributed by atoms with Crippen LogP contribution >= 0.6 is 0 Å². The highest BCUT2D eigenvalue weighted by Gasteiger charge is 2.34. The molecule has 6 heteroatoms. The van der Waals surface area contributed by atoms with E-state index in [1.165, 1.54) is 0 Å². The van der Waals surface area contributed by atoms with E-state index in [1.807, 2.05) is 50.2 Å². The molecule has 152 valence electrons. The number of likely N-dealkylation sites (tertiary alicyclic amines) is 1. The average molecular weight is 393 g/mol. The van der Waals surface area contributed by atoms with Crippen LogP contribution in [-0.2, 0) is 16.0 Å². The normalized spacial score (nSPS) is 15.8. The molecular weight excluding hydrogens is 366 g/mol. The highest BCUT2D eigenvalue weighted by atomic mass is 16.2. The SMILES string of the molecule is CCNC(=O)c1ccc(C)c(NC(=O)C2CCCN2C(=O)Cc2ccccc2)c1. The number of benzene rings is 2. The van der Waals surface area contributed by atoms with Crippen molar-refractivity contribution in [1.82, 2.24) is 10.2 Å². The first kappa shape index (κ1) is 20.6. The zero-order chi connectivity index (χ0) is 20.8. The Kier molecular flexibility index (Phi) is 6.65. The van der Waals surface area contributed by atoms with Gasteiger partial charge >= 0.3 is 0 Å². The van der Waals surface area contributed by atoms with Crippen LogP contribution in [0.25, 0.3) is 0 Å². The van der Waals surface area contributed by atoms with Crippen molar-refractivity contribution in [3.8, 4) is 0 Å². The molecule has 1 fully saturated rings. The van der Waals surface area contributed by atoms with E-state index in [9.17, 15) is 14.4 Å². The lowest BCUT2D eigenvalue weighted by Gasteiger charge is -2.24. The molecule has 1 heterocycles. The molecule has 2 aromatic rings. The Balaban J connectivity index is 1.70. The third-order valence-corrected chi connectivity index (χ3v) is 5.17. The minimum atomic E-state index is -0.487. The third-order valence-electron chi connectivity index (χ3n) is 5.17. The molecule has 0 aromatic heterocycles. The first-order valence-electron chi connectivity index (χ1n) is 10.0. The van der Waals surface area contributed by atoms with Crippen LogP contribution in [0.15, 0.2) is 48.5 Å². The van der Waals surface area contributed by atoms with Gasteiger partial charge < -0.3 is 15.5 Å². The van der Waals surface area contributed by atoms with Crippen LogP contribution in [0.5, 0.6) is 0 Å². The zero-order valence-corrected chi connectivity index (χ0v) is 16.9. The van der Waals surface area contributed by atoms with Crippen LogP contribution in [0, 0.1) is 6.92 Å². The Morgan fingerprint density at radius 1 is 1.10 bits per heavy atom. The standard InChI is InChI=1S/C23H27N3O3/c1-3-24-22(28)18-12-11-16(2)19(15-18)25-23(29)20-10-7-13-26(20)21(27)14-17-8-5-4-6-9-17/h4-6,8-9,11-12,15,20H,3,7,10,13-14H2,1-2H3,(H,24,28)(H,25,29). The minimum Gasteiger partial charge on any atom is -0.352 e. The maximum Gasteiger partial charge on any atom is 0.251 e. The molecule has 3 amide bonds. The number of rotatable bonds is 6. The van der Waals surface area contributed by atoms with Gasteiger partial charge in [-0.25, -0.2) is 0 Å². The molecular formula is C23H27N3O3. The van der Waals surface area contributed by atoms with E-state index in [1.54, 1.807) is 17.0 Å². The Morgan fingerprint density at radius 2 is 1.86 bits per heavy atom. The molecule has 1 atom stereocenters. The summed E-state index contributed by atoms with van der Waals surface area (Å²) >= 11 is 0. The highest BCUT2D eigenvalue weighted by molar-refractivity contribution is 6.00. The number of nitrogens with zero attached hydrogens (tertiary/aromatic N) is 1. The van der Waals surface area contributed by atoms with Crippen LogP contribution in [0.1, 0.15) is 41.3 Å². The van der Waals surface area contributed by atoms with E-state index in [2.05, 4.69) is 10.6 Å². The fourth-order valence-corrected chi connectivity index (χ4v) is 3.59. The predicted molar refractivity (Wildman–Crippen MR) is 113 cm³/mol. The van der Waals surface area contributed by atoms with Crippen LogP contribution in [-0.4, -0.2) is 41.8 Å². The van der Waals surface area contributed by atoms with Crippen LogP contribution < -0.4 is 10.6 Å². The maximum atomic E-state index is 12.9. The number of anilines is 1. The first-order chi connectivity index (χ1) is 14.0. The second-order valence-corrected chi connectivity index (χ2v) is 7.29. The number of carbonyl (C=O) groups is 3. The summed E-state index contributed by atoms with van der Waals surface area (Å²) in [4.78, 5) is 39.5.